The van der Waals surface area contributed by atoms with Crippen molar-refractivity contribution in [2.45, 2.75) is 32.0 Å². The summed E-state index contributed by atoms with van der Waals surface area (Å²) in [5.74, 6) is 1.51. The number of hydrogen-bond donors (Lipinski definition) is 1. The summed E-state index contributed by atoms with van der Waals surface area (Å²) in [6.45, 7) is 0.844. The number of amides is 1. The van der Waals surface area contributed by atoms with E-state index < -0.39 is 0 Å². The Bertz CT molecular complexity index is 810. The zero-order chi connectivity index (χ0) is 17.2. The summed E-state index contributed by atoms with van der Waals surface area (Å²) in [5, 5.41) is 11.0. The fraction of sp³-hybridized carbons (Fsp3) is 0.316. The summed E-state index contributed by atoms with van der Waals surface area (Å²) in [5.41, 5.74) is 1.91. The number of carbonyl (C=O) groups excluding carboxylic acids is 1. The van der Waals surface area contributed by atoms with E-state index in [0.29, 0.717) is 12.6 Å². The van der Waals surface area contributed by atoms with Crippen molar-refractivity contribution in [1.29, 1.82) is 0 Å². The van der Waals surface area contributed by atoms with Gasteiger partial charge in [0.05, 0.1) is 6.61 Å². The number of ether oxygens (including phenoxy) is 2. The van der Waals surface area contributed by atoms with E-state index in [0.717, 1.165) is 40.3 Å². The van der Waals surface area contributed by atoms with Crippen molar-refractivity contribution in [2.24, 2.45) is 0 Å². The van der Waals surface area contributed by atoms with Crippen molar-refractivity contribution in [2.75, 3.05) is 6.79 Å². The Morgan fingerprint density at radius 2 is 2.08 bits per heavy atom. The molecule has 1 amide bonds. The third kappa shape index (κ3) is 3.70. The number of nitrogens with zero attached hydrogens (tertiary/aromatic N) is 1. The van der Waals surface area contributed by atoms with Crippen LogP contribution in [0.4, 0.5) is 0 Å². The van der Waals surface area contributed by atoms with E-state index in [1.807, 2.05) is 40.6 Å². The van der Waals surface area contributed by atoms with Crippen molar-refractivity contribution in [3.8, 4) is 11.5 Å². The maximum Gasteiger partial charge on any atom is 0.247 e. The Kier molecular flexibility index (Phi) is 4.46. The summed E-state index contributed by atoms with van der Waals surface area (Å²) in [4.78, 5) is 15.5. The quantitative estimate of drug-likeness (QED) is 0.807. The second-order valence-corrected chi connectivity index (χ2v) is 7.18. The molecule has 1 aliphatic heterocycles. The van der Waals surface area contributed by atoms with E-state index in [-0.39, 0.29) is 19.3 Å². The second-order valence-electron chi connectivity index (χ2n) is 6.23. The van der Waals surface area contributed by atoms with Gasteiger partial charge in [0, 0.05) is 23.5 Å². The maximum atomic E-state index is 12.7. The Hall–Kier alpha value is -2.31. The number of benzene rings is 1. The van der Waals surface area contributed by atoms with Gasteiger partial charge in [-0.05, 0) is 53.6 Å². The number of carbonyl (C=O) groups is 1. The fourth-order valence-electron chi connectivity index (χ4n) is 2.82. The van der Waals surface area contributed by atoms with Gasteiger partial charge in [0.1, 0.15) is 0 Å². The van der Waals surface area contributed by atoms with Gasteiger partial charge < -0.3 is 19.5 Å². The first kappa shape index (κ1) is 16.2. The Morgan fingerprint density at radius 3 is 2.84 bits per heavy atom. The highest BCUT2D eigenvalue weighted by atomic mass is 32.1. The molecule has 1 aromatic heterocycles. The first-order valence-electron chi connectivity index (χ1n) is 8.28. The lowest BCUT2D eigenvalue weighted by atomic mass is 10.2. The molecule has 1 saturated carbocycles. The smallest absolute Gasteiger partial charge is 0.247 e. The van der Waals surface area contributed by atoms with Gasteiger partial charge in [-0.2, -0.15) is 0 Å². The molecule has 0 saturated heterocycles. The van der Waals surface area contributed by atoms with Crippen LogP contribution < -0.4 is 9.47 Å². The lowest BCUT2D eigenvalue weighted by Crippen LogP contribution is -2.31. The van der Waals surface area contributed by atoms with Crippen LogP contribution in [-0.4, -0.2) is 28.7 Å². The van der Waals surface area contributed by atoms with Crippen LogP contribution in [0.1, 0.15) is 28.8 Å². The molecule has 1 aliphatic carbocycles. The first-order valence-corrected chi connectivity index (χ1v) is 9.16. The third-order valence-electron chi connectivity index (χ3n) is 4.31. The standard InChI is InChI=1S/C19H19NO4S/c21-10-14-7-16(25-11-14)4-6-19(22)20(15-2-3-15)9-13-1-5-17-18(8-13)24-12-23-17/h1,4-8,11,15,21H,2-3,9-10,12H2/b6-4+. The number of rotatable bonds is 6. The Morgan fingerprint density at radius 1 is 1.24 bits per heavy atom. The van der Waals surface area contributed by atoms with Crippen molar-refractivity contribution < 1.29 is 19.4 Å². The highest BCUT2D eigenvalue weighted by Crippen LogP contribution is 2.34. The molecule has 2 heterocycles. The van der Waals surface area contributed by atoms with E-state index in [2.05, 4.69) is 0 Å². The van der Waals surface area contributed by atoms with Gasteiger partial charge in [-0.15, -0.1) is 11.3 Å². The van der Waals surface area contributed by atoms with Gasteiger partial charge in [-0.1, -0.05) is 6.07 Å². The van der Waals surface area contributed by atoms with Crippen LogP contribution in [-0.2, 0) is 17.9 Å². The predicted octanol–water partition coefficient (Wildman–Crippen LogP) is 3.17. The zero-order valence-electron chi connectivity index (χ0n) is 13.7. The van der Waals surface area contributed by atoms with Crippen LogP contribution >= 0.6 is 11.3 Å². The minimum atomic E-state index is 0.0131. The van der Waals surface area contributed by atoms with E-state index in [1.54, 1.807) is 6.08 Å². The van der Waals surface area contributed by atoms with Crippen LogP contribution in [0.5, 0.6) is 11.5 Å². The molecule has 2 aromatic rings. The van der Waals surface area contributed by atoms with Crippen LogP contribution in [0.3, 0.4) is 0 Å². The van der Waals surface area contributed by atoms with E-state index >= 15 is 0 Å². The normalized spacial score (nSPS) is 15.7. The van der Waals surface area contributed by atoms with Gasteiger partial charge in [-0.25, -0.2) is 0 Å². The number of aliphatic hydroxyl groups excluding tert-OH is 1. The number of fused-ring (bicyclic) bond motifs is 1. The van der Waals surface area contributed by atoms with E-state index in [1.165, 1.54) is 11.3 Å². The van der Waals surface area contributed by atoms with Gasteiger partial charge in [0.15, 0.2) is 11.5 Å². The largest absolute Gasteiger partial charge is 0.454 e. The van der Waals surface area contributed by atoms with Gasteiger partial charge in [0.2, 0.25) is 12.7 Å². The lowest BCUT2D eigenvalue weighted by molar-refractivity contribution is -0.127. The molecule has 0 spiro atoms. The van der Waals surface area contributed by atoms with Crippen molar-refractivity contribution in [3.63, 3.8) is 0 Å². The third-order valence-corrected chi connectivity index (χ3v) is 5.25. The molecule has 4 rings (SSSR count). The zero-order valence-corrected chi connectivity index (χ0v) is 14.5. The molecule has 0 unspecified atom stereocenters. The molecule has 6 heteroatoms. The van der Waals surface area contributed by atoms with Gasteiger partial charge in [-0.3, -0.25) is 4.79 Å². The highest BCUT2D eigenvalue weighted by Gasteiger charge is 2.31. The van der Waals surface area contributed by atoms with Crippen LogP contribution in [0.2, 0.25) is 0 Å². The van der Waals surface area contributed by atoms with Crippen LogP contribution in [0.15, 0.2) is 35.7 Å². The summed E-state index contributed by atoms with van der Waals surface area (Å²) in [6, 6.07) is 8.03. The lowest BCUT2D eigenvalue weighted by Gasteiger charge is -2.21. The van der Waals surface area contributed by atoms with E-state index in [4.69, 9.17) is 14.6 Å². The molecule has 0 bridgehead atoms. The average Bonchev–Trinajstić information content (AvgIpc) is 3.18. The van der Waals surface area contributed by atoms with Gasteiger partial charge >= 0.3 is 0 Å². The van der Waals surface area contributed by atoms with Crippen molar-refractivity contribution >= 4 is 23.3 Å². The second kappa shape index (κ2) is 6.90. The average molecular weight is 357 g/mol. The molecule has 25 heavy (non-hydrogen) atoms. The van der Waals surface area contributed by atoms with Crippen LogP contribution in [0.25, 0.3) is 6.08 Å². The minimum Gasteiger partial charge on any atom is -0.454 e. The number of thiophene rings is 1. The van der Waals surface area contributed by atoms with Gasteiger partial charge in [0.25, 0.3) is 0 Å². The highest BCUT2D eigenvalue weighted by molar-refractivity contribution is 7.11. The summed E-state index contributed by atoms with van der Waals surface area (Å²) >= 11 is 1.52. The first-order chi connectivity index (χ1) is 12.2. The Labute approximate surface area is 150 Å². The molecule has 130 valence electrons. The molecule has 1 aromatic carbocycles. The van der Waals surface area contributed by atoms with E-state index in [9.17, 15) is 4.79 Å². The number of hydrogen-bond acceptors (Lipinski definition) is 5. The minimum absolute atomic E-state index is 0.0131. The molecule has 1 N–H and O–H groups in total. The predicted molar refractivity (Wildman–Crippen MR) is 95.4 cm³/mol. The maximum absolute atomic E-state index is 12.7. The van der Waals surface area contributed by atoms with Crippen molar-refractivity contribution in [1.82, 2.24) is 4.90 Å². The van der Waals surface area contributed by atoms with Crippen molar-refractivity contribution in [3.05, 3.63) is 51.7 Å². The topological polar surface area (TPSA) is 59.0 Å². The molecular weight excluding hydrogens is 338 g/mol. The molecule has 2 aliphatic rings. The summed E-state index contributed by atoms with van der Waals surface area (Å²) in [7, 11) is 0. The SMILES string of the molecule is O=C(/C=C/c1cc(CO)cs1)N(Cc1ccc2c(c1)OCO2)C1CC1. The molecule has 1 fully saturated rings. The molecular formula is C19H19NO4S. The molecule has 0 atom stereocenters. The fourth-order valence-corrected chi connectivity index (χ4v) is 3.62. The van der Waals surface area contributed by atoms with Crippen LogP contribution in [0, 0.1) is 0 Å². The number of aliphatic hydroxyl groups is 1. The molecule has 5 nitrogen and oxygen atoms in total. The summed E-state index contributed by atoms with van der Waals surface area (Å²) < 4.78 is 10.8. The summed E-state index contributed by atoms with van der Waals surface area (Å²) in [6.07, 6.45) is 5.55. The Balaban J connectivity index is 1.46. The monoisotopic (exact) mass is 357 g/mol. The molecule has 0 radical (unpaired) electrons.